The van der Waals surface area contributed by atoms with E-state index in [-0.39, 0.29) is 11.4 Å². The highest BCUT2D eigenvalue weighted by Crippen LogP contribution is 2.29. The molecule has 0 bridgehead atoms. The lowest BCUT2D eigenvalue weighted by molar-refractivity contribution is 0.0697. The fourth-order valence-corrected chi connectivity index (χ4v) is 1.97. The number of carbonyl (C=O) groups is 1. The van der Waals surface area contributed by atoms with Crippen molar-refractivity contribution in [1.29, 1.82) is 0 Å². The first-order valence-electron chi connectivity index (χ1n) is 5.51. The predicted octanol–water partition coefficient (Wildman–Crippen LogP) is 3.95. The molecule has 2 aromatic carbocycles. The number of nitrogens with zero attached hydrogens (tertiary/aromatic N) is 1. The highest BCUT2D eigenvalue weighted by atomic mass is 35.5. The van der Waals surface area contributed by atoms with Crippen LogP contribution in [0, 0.1) is 5.82 Å². The van der Waals surface area contributed by atoms with Crippen LogP contribution in [0.1, 0.15) is 10.4 Å². The lowest BCUT2D eigenvalue weighted by Crippen LogP contribution is -2.14. The van der Waals surface area contributed by atoms with Crippen molar-refractivity contribution in [1.82, 2.24) is 0 Å². The number of hydrogen-bond acceptors (Lipinski definition) is 2. The zero-order valence-corrected chi connectivity index (χ0v) is 10.9. The van der Waals surface area contributed by atoms with E-state index in [0.717, 1.165) is 0 Å². The summed E-state index contributed by atoms with van der Waals surface area (Å²) in [6, 6.07) is 10.5. The number of carboxylic acid groups (broad SMARTS) is 1. The third-order valence-electron chi connectivity index (χ3n) is 2.75. The van der Waals surface area contributed by atoms with Gasteiger partial charge < -0.3 is 10.0 Å². The Hall–Kier alpha value is -2.07. The van der Waals surface area contributed by atoms with Crippen LogP contribution in [0.5, 0.6) is 0 Å². The van der Waals surface area contributed by atoms with Crippen molar-refractivity contribution < 1.29 is 14.3 Å². The van der Waals surface area contributed by atoms with Crippen LogP contribution >= 0.6 is 11.6 Å². The van der Waals surface area contributed by atoms with Crippen LogP contribution in [0.25, 0.3) is 0 Å². The van der Waals surface area contributed by atoms with Gasteiger partial charge >= 0.3 is 5.97 Å². The normalized spacial score (nSPS) is 10.3. The van der Waals surface area contributed by atoms with Crippen molar-refractivity contribution in [2.75, 3.05) is 11.9 Å². The summed E-state index contributed by atoms with van der Waals surface area (Å²) in [5.74, 6) is -1.46. The van der Waals surface area contributed by atoms with Gasteiger partial charge in [0.2, 0.25) is 0 Å². The van der Waals surface area contributed by atoms with Crippen LogP contribution < -0.4 is 4.90 Å². The Morgan fingerprint density at radius 3 is 2.63 bits per heavy atom. The van der Waals surface area contributed by atoms with Gasteiger partial charge in [0.25, 0.3) is 0 Å². The molecule has 0 saturated carbocycles. The number of halogens is 2. The van der Waals surface area contributed by atoms with Gasteiger partial charge in [0.15, 0.2) is 0 Å². The first-order chi connectivity index (χ1) is 8.99. The predicted molar refractivity (Wildman–Crippen MR) is 72.9 cm³/mol. The van der Waals surface area contributed by atoms with E-state index in [1.54, 1.807) is 36.2 Å². The standard InChI is InChI=1S/C14H11ClFNO2/c1-17(11-4-2-3-10(16)8-11)13-6-5-9(15)7-12(13)14(18)19/h2-8H,1H3,(H,18,19). The molecular formula is C14H11ClFNO2. The minimum atomic E-state index is -1.08. The van der Waals surface area contributed by atoms with Gasteiger partial charge in [0.1, 0.15) is 5.82 Å². The molecule has 98 valence electrons. The number of benzene rings is 2. The maximum absolute atomic E-state index is 13.2. The van der Waals surface area contributed by atoms with E-state index in [2.05, 4.69) is 0 Å². The lowest BCUT2D eigenvalue weighted by atomic mass is 10.1. The molecule has 1 N–H and O–H groups in total. The number of hydrogen-bond donors (Lipinski definition) is 1. The van der Waals surface area contributed by atoms with Gasteiger partial charge in [-0.1, -0.05) is 17.7 Å². The molecular weight excluding hydrogens is 269 g/mol. The Balaban J connectivity index is 2.49. The smallest absolute Gasteiger partial charge is 0.337 e. The first kappa shape index (κ1) is 13.4. The van der Waals surface area contributed by atoms with E-state index in [4.69, 9.17) is 11.6 Å². The zero-order valence-electron chi connectivity index (χ0n) is 10.1. The number of rotatable bonds is 3. The highest BCUT2D eigenvalue weighted by Gasteiger charge is 2.15. The minimum Gasteiger partial charge on any atom is -0.478 e. The molecule has 0 spiro atoms. The van der Waals surface area contributed by atoms with E-state index in [9.17, 15) is 14.3 Å². The van der Waals surface area contributed by atoms with Crippen LogP contribution in [-0.2, 0) is 0 Å². The number of carboxylic acids is 1. The molecule has 2 rings (SSSR count). The van der Waals surface area contributed by atoms with Gasteiger partial charge in [-0.05, 0) is 36.4 Å². The van der Waals surface area contributed by atoms with Crippen LogP contribution in [0.3, 0.4) is 0 Å². The third-order valence-corrected chi connectivity index (χ3v) is 2.98. The summed E-state index contributed by atoms with van der Waals surface area (Å²) in [7, 11) is 1.67. The monoisotopic (exact) mass is 279 g/mol. The summed E-state index contributed by atoms with van der Waals surface area (Å²) in [6.07, 6.45) is 0. The van der Waals surface area contributed by atoms with Gasteiger partial charge in [0.05, 0.1) is 11.3 Å². The quantitative estimate of drug-likeness (QED) is 0.925. The van der Waals surface area contributed by atoms with E-state index < -0.39 is 5.97 Å². The fourth-order valence-electron chi connectivity index (χ4n) is 1.80. The second-order valence-electron chi connectivity index (χ2n) is 4.01. The molecule has 0 aliphatic carbocycles. The Morgan fingerprint density at radius 2 is 2.00 bits per heavy atom. The summed E-state index contributed by atoms with van der Waals surface area (Å²) in [5.41, 5.74) is 1.08. The van der Waals surface area contributed by atoms with Gasteiger partial charge in [-0.3, -0.25) is 0 Å². The van der Waals surface area contributed by atoms with Crippen LogP contribution in [0.4, 0.5) is 15.8 Å². The van der Waals surface area contributed by atoms with Gasteiger partial charge in [-0.25, -0.2) is 9.18 Å². The maximum atomic E-state index is 13.2. The molecule has 0 aliphatic rings. The van der Waals surface area contributed by atoms with Crippen LogP contribution in [0.2, 0.25) is 5.02 Å². The average Bonchev–Trinajstić information content (AvgIpc) is 2.37. The van der Waals surface area contributed by atoms with Crippen molar-refractivity contribution in [2.45, 2.75) is 0 Å². The SMILES string of the molecule is CN(c1cccc(F)c1)c1ccc(Cl)cc1C(=O)O. The first-order valence-corrected chi connectivity index (χ1v) is 5.89. The summed E-state index contributed by atoms with van der Waals surface area (Å²) in [4.78, 5) is 12.8. The summed E-state index contributed by atoms with van der Waals surface area (Å²) < 4.78 is 13.2. The van der Waals surface area contributed by atoms with Gasteiger partial charge in [0, 0.05) is 17.8 Å². The largest absolute Gasteiger partial charge is 0.478 e. The fraction of sp³-hybridized carbons (Fsp3) is 0.0714. The molecule has 0 amide bonds. The van der Waals surface area contributed by atoms with Crippen LogP contribution in [-0.4, -0.2) is 18.1 Å². The van der Waals surface area contributed by atoms with E-state index >= 15 is 0 Å². The summed E-state index contributed by atoms with van der Waals surface area (Å²) in [6.45, 7) is 0. The molecule has 0 fully saturated rings. The van der Waals surface area contributed by atoms with E-state index in [0.29, 0.717) is 16.4 Å². The molecule has 0 saturated heterocycles. The Labute approximate surface area is 114 Å². The molecule has 3 nitrogen and oxygen atoms in total. The summed E-state index contributed by atoms with van der Waals surface area (Å²) >= 11 is 5.79. The number of aromatic carboxylic acids is 1. The minimum absolute atomic E-state index is 0.0688. The van der Waals surface area contributed by atoms with Crippen molar-refractivity contribution in [3.63, 3.8) is 0 Å². The van der Waals surface area contributed by atoms with Crippen LogP contribution in [0.15, 0.2) is 42.5 Å². The Bertz CT molecular complexity index is 631. The topological polar surface area (TPSA) is 40.5 Å². The molecule has 5 heteroatoms. The second-order valence-corrected chi connectivity index (χ2v) is 4.44. The highest BCUT2D eigenvalue weighted by molar-refractivity contribution is 6.31. The molecule has 0 aromatic heterocycles. The molecule has 19 heavy (non-hydrogen) atoms. The van der Waals surface area contributed by atoms with Gasteiger partial charge in [-0.15, -0.1) is 0 Å². The van der Waals surface area contributed by atoms with E-state index in [1.807, 2.05) is 0 Å². The molecule has 0 heterocycles. The third kappa shape index (κ3) is 2.85. The lowest BCUT2D eigenvalue weighted by Gasteiger charge is -2.21. The molecule has 0 radical (unpaired) electrons. The second kappa shape index (κ2) is 5.28. The van der Waals surface area contributed by atoms with Crippen molar-refractivity contribution in [3.8, 4) is 0 Å². The molecule has 0 unspecified atom stereocenters. The Morgan fingerprint density at radius 1 is 1.26 bits per heavy atom. The van der Waals surface area contributed by atoms with Crippen molar-refractivity contribution >= 4 is 28.9 Å². The molecule has 0 atom stereocenters. The molecule has 2 aromatic rings. The van der Waals surface area contributed by atoms with Gasteiger partial charge in [-0.2, -0.15) is 0 Å². The maximum Gasteiger partial charge on any atom is 0.337 e. The summed E-state index contributed by atoms with van der Waals surface area (Å²) in [5, 5.41) is 9.52. The van der Waals surface area contributed by atoms with Crippen molar-refractivity contribution in [2.24, 2.45) is 0 Å². The molecule has 0 aliphatic heterocycles. The zero-order chi connectivity index (χ0) is 14.0. The van der Waals surface area contributed by atoms with Crippen molar-refractivity contribution in [3.05, 3.63) is 58.9 Å². The average molecular weight is 280 g/mol. The Kier molecular flexibility index (Phi) is 3.71. The van der Waals surface area contributed by atoms with E-state index in [1.165, 1.54) is 18.2 Å². The number of anilines is 2.